The lowest BCUT2D eigenvalue weighted by atomic mass is 10.3. The fourth-order valence-electron chi connectivity index (χ4n) is 0.848. The summed E-state index contributed by atoms with van der Waals surface area (Å²) < 4.78 is 1.22. The Labute approximate surface area is 94.4 Å². The molecule has 0 saturated heterocycles. The maximum Gasteiger partial charge on any atom is 0.293 e. The first-order valence-electron chi connectivity index (χ1n) is 4.09. The molecule has 0 radical (unpaired) electrons. The van der Waals surface area contributed by atoms with E-state index in [2.05, 4.69) is 10.2 Å². The highest BCUT2D eigenvalue weighted by Crippen LogP contribution is 2.03. The van der Waals surface area contributed by atoms with Crippen LogP contribution in [0.5, 0.6) is 0 Å². The predicted octanol–water partition coefficient (Wildman–Crippen LogP) is -0.493. The Morgan fingerprint density at radius 3 is 2.29 bits per heavy atom. The van der Waals surface area contributed by atoms with Gasteiger partial charge in [-0.1, -0.05) is 0 Å². The molecule has 1 rings (SSSR count). The van der Waals surface area contributed by atoms with Gasteiger partial charge in [0.2, 0.25) is 0 Å². The van der Waals surface area contributed by atoms with Crippen LogP contribution in [0.2, 0.25) is 0 Å². The van der Waals surface area contributed by atoms with E-state index in [0.29, 0.717) is 0 Å². The minimum Gasteiger partial charge on any atom is -0.363 e. The van der Waals surface area contributed by atoms with Crippen LogP contribution < -0.4 is 5.73 Å². The van der Waals surface area contributed by atoms with E-state index >= 15 is 0 Å². The van der Waals surface area contributed by atoms with Crippen LogP contribution in [0.25, 0.3) is 0 Å². The van der Waals surface area contributed by atoms with Crippen LogP contribution in [0.3, 0.4) is 0 Å². The number of aryl methyl sites for hydroxylation is 1. The van der Waals surface area contributed by atoms with Crippen LogP contribution >= 0.6 is 0 Å². The Bertz CT molecular complexity index is 448. The van der Waals surface area contributed by atoms with Crippen molar-refractivity contribution >= 4 is 5.96 Å². The zero-order valence-corrected chi connectivity index (χ0v) is 8.97. The minimum atomic E-state index is -1.50. The van der Waals surface area contributed by atoms with Gasteiger partial charge in [-0.05, 0) is 19.4 Å². The van der Waals surface area contributed by atoms with Crippen molar-refractivity contribution in [3.8, 4) is 0 Å². The van der Waals surface area contributed by atoms with E-state index in [0.717, 1.165) is 11.3 Å². The molecule has 0 aliphatic carbocycles. The first-order valence-corrected chi connectivity index (χ1v) is 4.09. The van der Waals surface area contributed by atoms with Crippen LogP contribution in [0.15, 0.2) is 11.3 Å². The van der Waals surface area contributed by atoms with Crippen molar-refractivity contribution in [2.75, 3.05) is 0 Å². The molecule has 1 aromatic rings. The zero-order valence-electron chi connectivity index (χ0n) is 8.97. The molecule has 94 valence electrons. The lowest BCUT2D eigenvalue weighted by Gasteiger charge is -1.98. The highest BCUT2D eigenvalue weighted by Gasteiger charge is 2.08. The van der Waals surface area contributed by atoms with Crippen LogP contribution in [0.4, 0.5) is 0 Å². The van der Waals surface area contributed by atoms with Crippen molar-refractivity contribution in [2.24, 2.45) is 10.8 Å². The third kappa shape index (κ3) is 5.06. The fraction of sp³-hybridized carbons (Fsp3) is 0.333. The Hall–Kier alpha value is -2.72. The van der Waals surface area contributed by atoms with Gasteiger partial charge in [0.05, 0.1) is 6.20 Å². The summed E-state index contributed by atoms with van der Waals surface area (Å²) >= 11 is 0. The summed E-state index contributed by atoms with van der Waals surface area (Å²) in [6, 6.07) is 0. The molecular weight excluding hydrogens is 236 g/mol. The minimum absolute atomic E-state index is 0.240. The van der Waals surface area contributed by atoms with E-state index in [1.807, 2.05) is 6.92 Å². The molecule has 17 heavy (non-hydrogen) atoms. The molecular formula is C6H10N6O5. The second-order valence-corrected chi connectivity index (χ2v) is 2.76. The molecule has 1 aromatic heterocycles. The van der Waals surface area contributed by atoms with Gasteiger partial charge in [0, 0.05) is 5.69 Å². The van der Waals surface area contributed by atoms with Crippen LogP contribution in [0.1, 0.15) is 11.3 Å². The van der Waals surface area contributed by atoms with Gasteiger partial charge in [0.25, 0.3) is 11.0 Å². The summed E-state index contributed by atoms with van der Waals surface area (Å²) in [4.78, 5) is 18.4. The molecule has 0 bridgehead atoms. The number of nitrogens with zero attached hydrogens (tertiary/aromatic N) is 5. The predicted molar refractivity (Wildman–Crippen MR) is 54.5 cm³/mol. The van der Waals surface area contributed by atoms with Gasteiger partial charge in [0.15, 0.2) is 5.03 Å². The van der Waals surface area contributed by atoms with Gasteiger partial charge in [-0.2, -0.15) is 5.10 Å². The highest BCUT2D eigenvalue weighted by molar-refractivity contribution is 5.79. The van der Waals surface area contributed by atoms with E-state index in [9.17, 15) is 10.1 Å². The van der Waals surface area contributed by atoms with Gasteiger partial charge in [-0.15, -0.1) is 10.1 Å². The molecule has 0 aliphatic heterocycles. The van der Waals surface area contributed by atoms with Crippen molar-refractivity contribution in [1.29, 1.82) is 0 Å². The molecule has 0 saturated carbocycles. The number of rotatable bonds is 1. The molecule has 3 N–H and O–H groups in total. The average Bonchev–Trinajstić information content (AvgIpc) is 2.45. The maximum absolute atomic E-state index is 10.00. The smallest absolute Gasteiger partial charge is 0.293 e. The Morgan fingerprint density at radius 1 is 1.53 bits per heavy atom. The first-order chi connectivity index (χ1) is 7.75. The summed E-state index contributed by atoms with van der Waals surface area (Å²) in [5, 5.41) is 29.5. The second kappa shape index (κ2) is 5.99. The van der Waals surface area contributed by atoms with E-state index in [1.165, 1.54) is 4.68 Å². The molecule has 11 heteroatoms. The lowest BCUT2D eigenvalue weighted by molar-refractivity contribution is -0.742. The number of aromatic nitrogens is 2. The van der Waals surface area contributed by atoms with E-state index in [1.54, 1.807) is 13.1 Å². The summed E-state index contributed by atoms with van der Waals surface area (Å²) in [6.45, 7) is 3.59. The first kappa shape index (κ1) is 14.3. The fourth-order valence-corrected chi connectivity index (χ4v) is 0.848. The normalized spacial score (nSPS) is 10.4. The monoisotopic (exact) mass is 246 g/mol. The highest BCUT2D eigenvalue weighted by atomic mass is 16.9. The van der Waals surface area contributed by atoms with Gasteiger partial charge < -0.3 is 10.9 Å². The molecule has 0 atom stereocenters. The number of hydrogen-bond acceptors (Lipinski definition) is 5. The van der Waals surface area contributed by atoms with E-state index in [4.69, 9.17) is 21.1 Å². The number of hydrogen-bond donors (Lipinski definition) is 2. The maximum atomic E-state index is 10.00. The average molecular weight is 246 g/mol. The molecule has 0 amide bonds. The topological polar surface area (TPSA) is 163 Å². The molecule has 11 nitrogen and oxygen atoms in total. The molecule has 0 aliphatic rings. The van der Waals surface area contributed by atoms with Gasteiger partial charge in [-0.3, -0.25) is 0 Å². The quantitative estimate of drug-likeness (QED) is 0.292. The molecule has 0 fully saturated rings. The molecule has 1 heterocycles. The Balaban J connectivity index is 0.000000557. The summed E-state index contributed by atoms with van der Waals surface area (Å²) in [7, 11) is 0. The van der Waals surface area contributed by atoms with Crippen molar-refractivity contribution in [3.05, 3.63) is 37.7 Å². The van der Waals surface area contributed by atoms with Gasteiger partial charge >= 0.3 is 0 Å². The van der Waals surface area contributed by atoms with Gasteiger partial charge in [-0.25, -0.2) is 14.8 Å². The summed E-state index contributed by atoms with van der Waals surface area (Å²) in [5.41, 5.74) is 6.96. The van der Waals surface area contributed by atoms with E-state index in [-0.39, 0.29) is 5.96 Å². The van der Waals surface area contributed by atoms with Crippen LogP contribution in [-0.2, 0) is 0 Å². The third-order valence-corrected chi connectivity index (χ3v) is 1.66. The van der Waals surface area contributed by atoms with E-state index < -0.39 is 10.1 Å². The van der Waals surface area contributed by atoms with Crippen molar-refractivity contribution in [3.63, 3.8) is 0 Å². The number of nitrogens with two attached hydrogens (primary N) is 1. The SMILES string of the molecule is Cc1cnn(C(N)=N[N+](=O)[O-])c1C.O=[N+]([O-])O. The van der Waals surface area contributed by atoms with Crippen molar-refractivity contribution < 1.29 is 15.3 Å². The number of nitro groups is 1. The zero-order chi connectivity index (χ0) is 13.6. The Morgan fingerprint density at radius 2 is 2.00 bits per heavy atom. The van der Waals surface area contributed by atoms with Crippen LogP contribution in [-0.4, -0.2) is 31.1 Å². The van der Waals surface area contributed by atoms with Crippen LogP contribution in [0, 0.1) is 34.1 Å². The van der Waals surface area contributed by atoms with Crippen molar-refractivity contribution in [2.45, 2.75) is 13.8 Å². The summed E-state index contributed by atoms with van der Waals surface area (Å²) in [6.07, 6.45) is 1.57. The van der Waals surface area contributed by atoms with Crippen molar-refractivity contribution in [1.82, 2.24) is 9.78 Å². The Kier molecular flexibility index (Phi) is 5.03. The standard InChI is InChI=1S/C6H9N5O2.HNO3/c1-4-3-8-10(5(4)2)6(7)9-11(12)13;2-1(3)4/h3H,1-2H3,(H2,7,9);(H,2,3,4). The third-order valence-electron chi connectivity index (χ3n) is 1.66. The lowest BCUT2D eigenvalue weighted by Crippen LogP contribution is -2.25. The molecule has 0 aromatic carbocycles. The van der Waals surface area contributed by atoms with Gasteiger partial charge in [0.1, 0.15) is 5.10 Å². The number of hydrazone groups is 1. The second-order valence-electron chi connectivity index (χ2n) is 2.76. The molecule has 0 unspecified atom stereocenters. The summed E-state index contributed by atoms with van der Waals surface area (Å²) in [5.74, 6) is -0.240. The largest absolute Gasteiger partial charge is 0.363 e. The molecule has 0 spiro atoms.